The maximum Gasteiger partial charge on any atom is 0.530 e. The summed E-state index contributed by atoms with van der Waals surface area (Å²) in [5.41, 5.74) is -8.47. The first-order valence-electron chi connectivity index (χ1n) is 13.2. The van der Waals surface area contributed by atoms with Crippen LogP contribution in [0.15, 0.2) is 59.1 Å². The summed E-state index contributed by atoms with van der Waals surface area (Å²) in [5.74, 6) is 8.73. The number of aromatic nitrogens is 6. The molecular weight excluding hydrogens is 623 g/mol. The third-order valence-corrected chi connectivity index (χ3v) is 8.10. The predicted molar refractivity (Wildman–Crippen MR) is 163 cm³/mol. The Morgan fingerprint density at radius 3 is 1.26 bits per heavy atom. The van der Waals surface area contributed by atoms with Crippen LogP contribution >= 0.6 is 7.82 Å². The average molecular weight is 649 g/mol. The van der Waals surface area contributed by atoms with E-state index in [9.17, 15) is 33.3 Å². The van der Waals surface area contributed by atoms with Crippen LogP contribution in [0.5, 0.6) is 5.75 Å². The monoisotopic (exact) mass is 648 g/mol. The number of para-hydroxylation sites is 1. The van der Waals surface area contributed by atoms with Gasteiger partial charge in [0.2, 0.25) is 0 Å². The highest BCUT2D eigenvalue weighted by Crippen LogP contribution is 2.54. The van der Waals surface area contributed by atoms with E-state index < -0.39 is 99.9 Å². The van der Waals surface area contributed by atoms with Gasteiger partial charge in [0.25, 0.3) is 0 Å². The normalized spacial score (nSPS) is 14.7. The van der Waals surface area contributed by atoms with Crippen molar-refractivity contribution in [1.82, 2.24) is 27.4 Å². The van der Waals surface area contributed by atoms with Crippen LogP contribution in [0.25, 0.3) is 0 Å². The Hall–Kier alpha value is -5.77. The zero-order chi connectivity index (χ0) is 33.6. The Kier molecular flexibility index (Phi) is 9.70. The molecule has 16 nitrogen and oxygen atoms in total. The molecule has 1 fully saturated rings. The van der Waals surface area contributed by atoms with Crippen LogP contribution in [-0.2, 0) is 52.9 Å². The first kappa shape index (κ1) is 33.1. The van der Waals surface area contributed by atoms with Crippen molar-refractivity contribution in [3.05, 3.63) is 93.2 Å². The van der Waals surface area contributed by atoms with Crippen molar-refractivity contribution >= 4 is 7.82 Å². The second-order valence-corrected chi connectivity index (χ2v) is 11.5. The molecule has 1 aromatic carbocycles. The molecule has 0 spiro atoms. The minimum atomic E-state index is -4.33. The first-order valence-corrected chi connectivity index (χ1v) is 14.7. The molecule has 4 rings (SSSR count). The molecular formula is C29H25N6O10P. The SMILES string of the molecule is C#CCn1c(=O)n(CC#C)c(=O)n(CC2(Cn3c(=O)n(CC#C)c(=O)n(CC#C)c3=O)COP(=O)(Oc3ccccc3)OC2)c1=O. The summed E-state index contributed by atoms with van der Waals surface area (Å²) in [4.78, 5) is 79.4. The Bertz CT molecular complexity index is 2020. The summed E-state index contributed by atoms with van der Waals surface area (Å²) >= 11 is 0. The van der Waals surface area contributed by atoms with Gasteiger partial charge in [-0.25, -0.2) is 60.7 Å². The van der Waals surface area contributed by atoms with Crippen LogP contribution in [0, 0.1) is 54.8 Å². The lowest BCUT2D eigenvalue weighted by Crippen LogP contribution is -2.60. The standard InChI is InChI=1S/C29H25N6O10P/c1-5-14-30-23(36)31(15-6-2)26(39)34(25(30)38)18-29(20-43-46(42,44-21-29)45-22-12-10-9-11-13-22)19-35-27(40)32(16-7-3)24(37)33(17-8-4)28(35)41/h1-4,9-13H,14-21H2. The van der Waals surface area contributed by atoms with Crippen molar-refractivity contribution in [3.63, 3.8) is 0 Å². The largest absolute Gasteiger partial charge is 0.530 e. The van der Waals surface area contributed by atoms with Crippen LogP contribution < -0.4 is 38.7 Å². The lowest BCUT2D eigenvalue weighted by molar-refractivity contribution is -0.0271. The fraction of sp³-hybridized carbons (Fsp3) is 0.310. The van der Waals surface area contributed by atoms with Gasteiger partial charge in [0.15, 0.2) is 0 Å². The van der Waals surface area contributed by atoms with Crippen LogP contribution in [0.4, 0.5) is 0 Å². The molecule has 236 valence electrons. The van der Waals surface area contributed by atoms with Crippen molar-refractivity contribution in [2.45, 2.75) is 39.3 Å². The topological polar surface area (TPSA) is 177 Å². The molecule has 0 aliphatic carbocycles. The van der Waals surface area contributed by atoms with Gasteiger partial charge in [-0.15, -0.1) is 25.7 Å². The molecule has 0 amide bonds. The van der Waals surface area contributed by atoms with E-state index in [1.54, 1.807) is 18.2 Å². The smallest absolute Gasteiger partial charge is 0.404 e. The molecule has 17 heteroatoms. The van der Waals surface area contributed by atoms with Gasteiger partial charge in [0, 0.05) is 13.1 Å². The van der Waals surface area contributed by atoms with Crippen molar-refractivity contribution in [1.29, 1.82) is 0 Å². The molecule has 3 aromatic rings. The number of benzene rings is 1. The molecule has 0 saturated carbocycles. The van der Waals surface area contributed by atoms with Crippen LogP contribution in [0.2, 0.25) is 0 Å². The number of rotatable bonds is 10. The van der Waals surface area contributed by atoms with Crippen molar-refractivity contribution < 1.29 is 18.1 Å². The van der Waals surface area contributed by atoms with E-state index in [-0.39, 0.29) is 5.75 Å². The summed E-state index contributed by atoms with van der Waals surface area (Å²) in [5, 5.41) is 0. The fourth-order valence-electron chi connectivity index (χ4n) is 4.62. The molecule has 0 atom stereocenters. The Balaban J connectivity index is 1.92. The summed E-state index contributed by atoms with van der Waals surface area (Å²) in [7, 11) is -4.33. The maximum atomic E-state index is 13.4. The number of phosphoric acid groups is 1. The lowest BCUT2D eigenvalue weighted by atomic mass is 9.89. The zero-order valence-corrected chi connectivity index (χ0v) is 25.0. The number of hydrogen-bond acceptors (Lipinski definition) is 10. The number of phosphoric ester groups is 1. The Morgan fingerprint density at radius 1 is 0.609 bits per heavy atom. The molecule has 0 radical (unpaired) electrons. The van der Waals surface area contributed by atoms with Gasteiger partial charge in [0.05, 0.1) is 44.8 Å². The fourth-order valence-corrected chi connectivity index (χ4v) is 6.04. The van der Waals surface area contributed by atoms with Crippen LogP contribution in [0.3, 0.4) is 0 Å². The van der Waals surface area contributed by atoms with E-state index in [4.69, 9.17) is 39.3 Å². The van der Waals surface area contributed by atoms with Crippen molar-refractivity contribution in [2.24, 2.45) is 5.41 Å². The van der Waals surface area contributed by atoms with E-state index in [1.165, 1.54) is 12.1 Å². The molecule has 3 heterocycles. The molecule has 0 bridgehead atoms. The average Bonchev–Trinajstić information content (AvgIpc) is 3.04. The predicted octanol–water partition coefficient (Wildman–Crippen LogP) is -1.89. The van der Waals surface area contributed by atoms with Crippen LogP contribution in [0.1, 0.15) is 0 Å². The highest BCUT2D eigenvalue weighted by molar-refractivity contribution is 7.49. The van der Waals surface area contributed by atoms with Gasteiger partial charge in [-0.05, 0) is 12.1 Å². The number of terminal acetylenes is 4. The van der Waals surface area contributed by atoms with Gasteiger partial charge in [-0.3, -0.25) is 9.05 Å². The Labute approximate surface area is 259 Å². The third-order valence-electron chi connectivity index (χ3n) is 6.77. The van der Waals surface area contributed by atoms with Crippen LogP contribution in [-0.4, -0.2) is 40.6 Å². The highest BCUT2D eigenvalue weighted by Gasteiger charge is 2.46. The molecule has 1 aliphatic heterocycles. The summed E-state index contributed by atoms with van der Waals surface area (Å²) in [6, 6.07) is 7.86. The van der Waals surface area contributed by atoms with E-state index >= 15 is 0 Å². The number of hydrogen-bond donors (Lipinski definition) is 0. The van der Waals surface area contributed by atoms with E-state index in [1.807, 2.05) is 0 Å². The second kappa shape index (κ2) is 13.5. The number of nitrogens with zero attached hydrogens (tertiary/aromatic N) is 6. The molecule has 2 aromatic heterocycles. The quantitative estimate of drug-likeness (QED) is 0.179. The minimum absolute atomic E-state index is 0.128. The summed E-state index contributed by atoms with van der Waals surface area (Å²) in [6.45, 7) is -4.79. The van der Waals surface area contributed by atoms with Gasteiger partial charge in [-0.2, -0.15) is 0 Å². The second-order valence-electron chi connectivity index (χ2n) is 9.93. The third kappa shape index (κ3) is 6.37. The van der Waals surface area contributed by atoms with E-state index in [0.29, 0.717) is 27.4 Å². The molecule has 1 saturated heterocycles. The maximum absolute atomic E-state index is 13.4. The first-order chi connectivity index (χ1) is 21.9. The molecule has 46 heavy (non-hydrogen) atoms. The molecule has 0 unspecified atom stereocenters. The van der Waals surface area contributed by atoms with E-state index in [0.717, 1.165) is 0 Å². The Morgan fingerprint density at radius 2 is 0.935 bits per heavy atom. The summed E-state index contributed by atoms with van der Waals surface area (Å²) in [6.07, 6.45) is 21.4. The van der Waals surface area contributed by atoms with Gasteiger partial charge < -0.3 is 4.52 Å². The zero-order valence-electron chi connectivity index (χ0n) is 24.1. The van der Waals surface area contributed by atoms with Gasteiger partial charge >= 0.3 is 42.0 Å². The lowest BCUT2D eigenvalue weighted by Gasteiger charge is -2.38. The minimum Gasteiger partial charge on any atom is -0.404 e. The molecule has 0 N–H and O–H groups in total. The van der Waals surface area contributed by atoms with Crippen molar-refractivity contribution in [3.8, 4) is 55.1 Å². The van der Waals surface area contributed by atoms with Gasteiger partial charge in [0.1, 0.15) is 5.75 Å². The van der Waals surface area contributed by atoms with Gasteiger partial charge in [-0.1, -0.05) is 41.9 Å². The molecule has 1 aliphatic rings. The summed E-state index contributed by atoms with van der Waals surface area (Å²) < 4.78 is 33.4. The van der Waals surface area contributed by atoms with E-state index in [2.05, 4.69) is 23.7 Å². The van der Waals surface area contributed by atoms with Crippen molar-refractivity contribution in [2.75, 3.05) is 13.2 Å². The highest BCUT2D eigenvalue weighted by atomic mass is 31.2.